The highest BCUT2D eigenvalue weighted by molar-refractivity contribution is 8.00. The van der Waals surface area contributed by atoms with Gasteiger partial charge in [0.25, 0.3) is 0 Å². The molecule has 0 saturated heterocycles. The number of carbonyl (C=O) groups excluding carboxylic acids is 2. The molecule has 0 atom stereocenters. The first-order valence-corrected chi connectivity index (χ1v) is 9.35. The Morgan fingerprint density at radius 1 is 0.923 bits per heavy atom. The van der Waals surface area contributed by atoms with Crippen molar-refractivity contribution in [1.29, 1.82) is 0 Å². The molecule has 0 saturated carbocycles. The molecule has 0 aliphatic carbocycles. The number of rotatable bonds is 6. The first-order valence-electron chi connectivity index (χ1n) is 8.20. The number of carbonyl (C=O) groups is 2. The Kier molecular flexibility index (Phi) is 5.86. The van der Waals surface area contributed by atoms with Crippen LogP contribution in [0.3, 0.4) is 0 Å². The van der Waals surface area contributed by atoms with Gasteiger partial charge in [0.05, 0.1) is 22.7 Å². The zero-order chi connectivity index (χ0) is 18.4. The largest absolute Gasteiger partial charge is 0.325 e. The summed E-state index contributed by atoms with van der Waals surface area (Å²) in [5, 5.41) is 6.64. The molecule has 2 amide bonds. The van der Waals surface area contributed by atoms with E-state index in [9.17, 15) is 9.59 Å². The van der Waals surface area contributed by atoms with Crippen LogP contribution in [-0.4, -0.2) is 28.3 Å². The zero-order valence-electron chi connectivity index (χ0n) is 14.4. The Hall–Kier alpha value is -2.86. The van der Waals surface area contributed by atoms with E-state index in [1.165, 1.54) is 11.8 Å². The molecule has 26 heavy (non-hydrogen) atoms. The standard InChI is InChI=1S/C20H19N3O2S/c1-14-7-9-16(10-8-14)22-18(24)12-26-13-19(25)23-17-6-2-4-15-5-3-11-21-20(15)17/h2-11H,12-13H2,1H3,(H,22,24)(H,23,25). The molecule has 0 aliphatic rings. The van der Waals surface area contributed by atoms with Crippen molar-refractivity contribution in [3.8, 4) is 0 Å². The lowest BCUT2D eigenvalue weighted by Crippen LogP contribution is -2.18. The molecule has 1 heterocycles. The number of pyridine rings is 1. The van der Waals surface area contributed by atoms with Crippen LogP contribution < -0.4 is 10.6 Å². The molecular formula is C20H19N3O2S. The van der Waals surface area contributed by atoms with E-state index in [4.69, 9.17) is 0 Å². The molecule has 0 unspecified atom stereocenters. The van der Waals surface area contributed by atoms with Gasteiger partial charge in [0.2, 0.25) is 11.8 Å². The van der Waals surface area contributed by atoms with Gasteiger partial charge in [0, 0.05) is 17.3 Å². The highest BCUT2D eigenvalue weighted by atomic mass is 32.2. The number of para-hydroxylation sites is 1. The van der Waals surface area contributed by atoms with Gasteiger partial charge in [-0.25, -0.2) is 0 Å². The van der Waals surface area contributed by atoms with Crippen LogP contribution in [0.4, 0.5) is 11.4 Å². The van der Waals surface area contributed by atoms with Gasteiger partial charge in [-0.05, 0) is 31.2 Å². The maximum atomic E-state index is 12.1. The molecule has 1 aromatic heterocycles. The Bertz CT molecular complexity index is 920. The summed E-state index contributed by atoms with van der Waals surface area (Å²) in [6, 6.07) is 17.0. The number of nitrogens with zero attached hydrogens (tertiary/aromatic N) is 1. The summed E-state index contributed by atoms with van der Waals surface area (Å²) in [6.07, 6.45) is 1.70. The second kappa shape index (κ2) is 8.49. The maximum absolute atomic E-state index is 12.1. The molecule has 0 radical (unpaired) electrons. The van der Waals surface area contributed by atoms with Crippen molar-refractivity contribution in [2.24, 2.45) is 0 Å². The van der Waals surface area contributed by atoms with Gasteiger partial charge in [-0.15, -0.1) is 11.8 Å². The first kappa shape index (κ1) is 17.9. The minimum Gasteiger partial charge on any atom is -0.325 e. The third-order valence-electron chi connectivity index (χ3n) is 3.71. The number of fused-ring (bicyclic) bond motifs is 1. The quantitative estimate of drug-likeness (QED) is 0.696. The van der Waals surface area contributed by atoms with Crippen LogP contribution >= 0.6 is 11.8 Å². The summed E-state index contributed by atoms with van der Waals surface area (Å²) in [6.45, 7) is 1.99. The van der Waals surface area contributed by atoms with Crippen LogP contribution in [-0.2, 0) is 9.59 Å². The summed E-state index contributed by atoms with van der Waals surface area (Å²) < 4.78 is 0. The number of anilines is 2. The Labute approximate surface area is 156 Å². The Morgan fingerprint density at radius 3 is 2.38 bits per heavy atom. The highest BCUT2D eigenvalue weighted by Crippen LogP contribution is 2.20. The maximum Gasteiger partial charge on any atom is 0.234 e. The predicted molar refractivity (Wildman–Crippen MR) is 108 cm³/mol. The molecule has 2 N–H and O–H groups in total. The predicted octanol–water partition coefficient (Wildman–Crippen LogP) is 3.85. The van der Waals surface area contributed by atoms with Gasteiger partial charge >= 0.3 is 0 Å². The molecule has 6 heteroatoms. The first-order chi connectivity index (χ1) is 12.6. The molecule has 132 valence electrons. The van der Waals surface area contributed by atoms with E-state index in [1.807, 2.05) is 61.5 Å². The average molecular weight is 365 g/mol. The van der Waals surface area contributed by atoms with Crippen molar-refractivity contribution in [3.63, 3.8) is 0 Å². The summed E-state index contributed by atoms with van der Waals surface area (Å²) in [7, 11) is 0. The molecule has 0 spiro atoms. The molecule has 0 aliphatic heterocycles. The van der Waals surface area contributed by atoms with Crippen LogP contribution in [0.2, 0.25) is 0 Å². The highest BCUT2D eigenvalue weighted by Gasteiger charge is 2.09. The van der Waals surface area contributed by atoms with Crippen LogP contribution in [0, 0.1) is 6.92 Å². The lowest BCUT2D eigenvalue weighted by atomic mass is 10.2. The zero-order valence-corrected chi connectivity index (χ0v) is 15.2. The van der Waals surface area contributed by atoms with Gasteiger partial charge in [0.15, 0.2) is 0 Å². The molecule has 5 nitrogen and oxygen atoms in total. The minimum atomic E-state index is -0.156. The topological polar surface area (TPSA) is 71.1 Å². The van der Waals surface area contributed by atoms with E-state index >= 15 is 0 Å². The van der Waals surface area contributed by atoms with Gasteiger partial charge < -0.3 is 10.6 Å². The van der Waals surface area contributed by atoms with Crippen molar-refractivity contribution in [1.82, 2.24) is 4.98 Å². The summed E-state index contributed by atoms with van der Waals surface area (Å²) in [4.78, 5) is 28.4. The third kappa shape index (κ3) is 4.83. The smallest absolute Gasteiger partial charge is 0.234 e. The monoisotopic (exact) mass is 365 g/mol. The minimum absolute atomic E-state index is 0.126. The van der Waals surface area contributed by atoms with Gasteiger partial charge in [-0.2, -0.15) is 0 Å². The number of amides is 2. The van der Waals surface area contributed by atoms with E-state index in [0.29, 0.717) is 5.69 Å². The van der Waals surface area contributed by atoms with Crippen molar-refractivity contribution < 1.29 is 9.59 Å². The van der Waals surface area contributed by atoms with Crippen LogP contribution in [0.1, 0.15) is 5.56 Å². The van der Waals surface area contributed by atoms with Crippen LogP contribution in [0.25, 0.3) is 10.9 Å². The molecule has 3 rings (SSSR count). The molecular weight excluding hydrogens is 346 g/mol. The SMILES string of the molecule is Cc1ccc(NC(=O)CSCC(=O)Nc2cccc3cccnc23)cc1. The van der Waals surface area contributed by atoms with Crippen LogP contribution in [0.5, 0.6) is 0 Å². The lowest BCUT2D eigenvalue weighted by molar-refractivity contribution is -0.114. The van der Waals surface area contributed by atoms with E-state index < -0.39 is 0 Å². The fourth-order valence-electron chi connectivity index (χ4n) is 2.46. The molecule has 2 aromatic carbocycles. The number of hydrogen-bond donors (Lipinski definition) is 2. The van der Waals surface area contributed by atoms with Crippen molar-refractivity contribution in [2.75, 3.05) is 22.1 Å². The van der Waals surface area contributed by atoms with E-state index in [0.717, 1.165) is 22.2 Å². The fourth-order valence-corrected chi connectivity index (χ4v) is 3.08. The molecule has 3 aromatic rings. The van der Waals surface area contributed by atoms with E-state index in [1.54, 1.807) is 6.20 Å². The number of benzene rings is 2. The second-order valence-corrected chi connectivity index (χ2v) is 6.82. The normalized spacial score (nSPS) is 10.5. The number of aromatic nitrogens is 1. The van der Waals surface area contributed by atoms with Crippen molar-refractivity contribution in [2.45, 2.75) is 6.92 Å². The third-order valence-corrected chi connectivity index (χ3v) is 4.64. The molecule has 0 fully saturated rings. The second-order valence-electron chi connectivity index (χ2n) is 5.84. The lowest BCUT2D eigenvalue weighted by Gasteiger charge is -2.08. The van der Waals surface area contributed by atoms with Crippen LogP contribution in [0.15, 0.2) is 60.8 Å². The van der Waals surface area contributed by atoms with E-state index in [2.05, 4.69) is 15.6 Å². The number of aryl methyl sites for hydroxylation is 1. The molecule has 0 bridgehead atoms. The van der Waals surface area contributed by atoms with Gasteiger partial charge in [-0.1, -0.05) is 35.9 Å². The Morgan fingerprint density at radius 2 is 1.62 bits per heavy atom. The summed E-state index contributed by atoms with van der Waals surface area (Å²) in [5.41, 5.74) is 3.33. The fraction of sp³-hybridized carbons (Fsp3) is 0.150. The summed E-state index contributed by atoms with van der Waals surface area (Å²) >= 11 is 1.27. The van der Waals surface area contributed by atoms with Crippen molar-refractivity contribution in [3.05, 3.63) is 66.4 Å². The summed E-state index contributed by atoms with van der Waals surface area (Å²) in [5.74, 6) is 0.134. The van der Waals surface area contributed by atoms with Gasteiger partial charge in [-0.3, -0.25) is 14.6 Å². The number of nitrogens with one attached hydrogen (secondary N) is 2. The number of hydrogen-bond acceptors (Lipinski definition) is 4. The number of thioether (sulfide) groups is 1. The van der Waals surface area contributed by atoms with Gasteiger partial charge in [0.1, 0.15) is 0 Å². The average Bonchev–Trinajstić information content (AvgIpc) is 2.64. The van der Waals surface area contributed by atoms with E-state index in [-0.39, 0.29) is 23.3 Å². The Balaban J connectivity index is 1.48. The van der Waals surface area contributed by atoms with Crippen molar-refractivity contribution >= 4 is 45.9 Å².